The fourth-order valence-corrected chi connectivity index (χ4v) is 4.59. The van der Waals surface area contributed by atoms with Gasteiger partial charge in [-0.25, -0.2) is 0 Å². The molecule has 0 aliphatic carbocycles. The van der Waals surface area contributed by atoms with E-state index in [0.29, 0.717) is 36.6 Å². The lowest BCUT2D eigenvalue weighted by Gasteiger charge is -2.24. The number of ether oxygens (including phenoxy) is 2. The van der Waals surface area contributed by atoms with Crippen LogP contribution < -0.4 is 9.47 Å². The van der Waals surface area contributed by atoms with Crippen molar-refractivity contribution >= 4 is 16.8 Å². The molecular formula is C26H33N3O4. The minimum Gasteiger partial charge on any atom is -0.493 e. The fourth-order valence-electron chi connectivity index (χ4n) is 4.59. The van der Waals surface area contributed by atoms with Crippen LogP contribution in [0.3, 0.4) is 0 Å². The van der Waals surface area contributed by atoms with E-state index in [-0.39, 0.29) is 5.91 Å². The summed E-state index contributed by atoms with van der Waals surface area (Å²) in [5.74, 6) is 0.886. The summed E-state index contributed by atoms with van der Waals surface area (Å²) in [4.78, 5) is 20.3. The van der Waals surface area contributed by atoms with Crippen LogP contribution in [0.5, 0.6) is 11.5 Å². The van der Waals surface area contributed by atoms with Crippen molar-refractivity contribution in [3.63, 3.8) is 0 Å². The van der Waals surface area contributed by atoms with Gasteiger partial charge in [-0.15, -0.1) is 0 Å². The second kappa shape index (κ2) is 10.3. The van der Waals surface area contributed by atoms with Crippen molar-refractivity contribution in [2.75, 3.05) is 47.4 Å². The topological polar surface area (TPSA) is 78.0 Å². The van der Waals surface area contributed by atoms with E-state index in [1.165, 1.54) is 16.5 Å². The highest BCUT2D eigenvalue weighted by Crippen LogP contribution is 2.35. The van der Waals surface area contributed by atoms with Gasteiger partial charge in [0.05, 0.1) is 14.2 Å². The van der Waals surface area contributed by atoms with Crippen LogP contribution in [-0.4, -0.2) is 73.2 Å². The molecule has 2 heterocycles. The van der Waals surface area contributed by atoms with Crippen molar-refractivity contribution in [1.29, 1.82) is 0 Å². The molecule has 4 rings (SSSR count). The third-order valence-corrected chi connectivity index (χ3v) is 6.54. The summed E-state index contributed by atoms with van der Waals surface area (Å²) in [5.41, 5.74) is 4.03. The molecule has 1 amide bonds. The molecule has 1 aromatic heterocycles. The van der Waals surface area contributed by atoms with Gasteiger partial charge in [0.15, 0.2) is 17.6 Å². The number of H-pyrrole nitrogens is 1. The Balaban J connectivity index is 1.30. The first-order chi connectivity index (χ1) is 16.0. The first-order valence-corrected chi connectivity index (χ1v) is 11.5. The quantitative estimate of drug-likeness (QED) is 0.523. The number of benzene rings is 2. The lowest BCUT2D eigenvalue weighted by Crippen LogP contribution is -2.37. The van der Waals surface area contributed by atoms with Crippen molar-refractivity contribution in [3.05, 3.63) is 59.3 Å². The zero-order chi connectivity index (χ0) is 23.4. The molecule has 3 aromatic rings. The predicted octanol–water partition coefficient (Wildman–Crippen LogP) is 3.17. The number of amides is 1. The Kier molecular flexibility index (Phi) is 7.20. The lowest BCUT2D eigenvalue weighted by molar-refractivity contribution is -0.140. The molecule has 0 saturated carbocycles. The van der Waals surface area contributed by atoms with Gasteiger partial charge in [0.2, 0.25) is 0 Å². The molecular weight excluding hydrogens is 418 g/mol. The van der Waals surface area contributed by atoms with Gasteiger partial charge in [0.25, 0.3) is 5.91 Å². The summed E-state index contributed by atoms with van der Waals surface area (Å²) in [6.07, 6.45) is 3.42. The number of nitrogens with zero attached hydrogens (tertiary/aromatic N) is 2. The van der Waals surface area contributed by atoms with E-state index in [0.717, 1.165) is 31.5 Å². The molecule has 7 nitrogen and oxygen atoms in total. The second-order valence-corrected chi connectivity index (χ2v) is 8.65. The number of likely N-dealkylation sites (N-methyl/N-ethyl adjacent to an activating group) is 1. The number of aromatic nitrogens is 1. The molecule has 1 aliphatic heterocycles. The van der Waals surface area contributed by atoms with E-state index in [9.17, 15) is 9.90 Å². The predicted molar refractivity (Wildman–Crippen MR) is 129 cm³/mol. The maximum atomic E-state index is 12.9. The van der Waals surface area contributed by atoms with Gasteiger partial charge in [0, 0.05) is 36.7 Å². The fraction of sp³-hybridized carbons (Fsp3) is 0.423. The number of aliphatic hydroxyl groups is 1. The third kappa shape index (κ3) is 4.99. The molecule has 7 heteroatoms. The average Bonchev–Trinajstić information content (AvgIpc) is 3.21. The number of fused-ring (bicyclic) bond motifs is 2. The van der Waals surface area contributed by atoms with Crippen molar-refractivity contribution in [2.45, 2.75) is 25.4 Å². The Labute approximate surface area is 194 Å². The van der Waals surface area contributed by atoms with Gasteiger partial charge in [-0.2, -0.15) is 0 Å². The van der Waals surface area contributed by atoms with Gasteiger partial charge >= 0.3 is 0 Å². The monoisotopic (exact) mass is 451 g/mol. The van der Waals surface area contributed by atoms with Gasteiger partial charge in [-0.05, 0) is 67.7 Å². The number of methoxy groups -OCH3 is 2. The Morgan fingerprint density at radius 1 is 1.15 bits per heavy atom. The van der Waals surface area contributed by atoms with Crippen LogP contribution in [0.4, 0.5) is 0 Å². The van der Waals surface area contributed by atoms with Crippen LogP contribution in [0, 0.1) is 0 Å². The highest BCUT2D eigenvalue weighted by Gasteiger charge is 2.30. The SMILES string of the molecule is COc1cc2c(cc1OC)C(O)C(=O)N(CCCN(C)CCc1c[nH]c3ccccc13)CC2. The number of aromatic amines is 1. The van der Waals surface area contributed by atoms with E-state index < -0.39 is 6.10 Å². The maximum absolute atomic E-state index is 12.9. The van der Waals surface area contributed by atoms with Gasteiger partial charge in [-0.3, -0.25) is 4.79 Å². The molecule has 1 unspecified atom stereocenters. The minimum atomic E-state index is -1.18. The number of carbonyl (C=O) groups is 1. The molecule has 33 heavy (non-hydrogen) atoms. The summed E-state index contributed by atoms with van der Waals surface area (Å²) in [7, 11) is 5.25. The average molecular weight is 452 g/mol. The van der Waals surface area contributed by atoms with E-state index >= 15 is 0 Å². The zero-order valence-electron chi connectivity index (χ0n) is 19.6. The molecule has 0 radical (unpaired) electrons. The van der Waals surface area contributed by atoms with E-state index in [4.69, 9.17) is 9.47 Å². The standard InChI is InChI=1S/C26H33N3O4/c1-28(13-9-19-17-27-22-8-5-4-7-20(19)22)11-6-12-29-14-10-18-15-23(32-2)24(33-3)16-21(18)25(30)26(29)31/h4-5,7-8,15-17,25,27,30H,6,9-14H2,1-3H3. The molecule has 1 aliphatic rings. The van der Waals surface area contributed by atoms with E-state index in [1.54, 1.807) is 25.2 Å². The maximum Gasteiger partial charge on any atom is 0.256 e. The molecule has 0 saturated heterocycles. The highest BCUT2D eigenvalue weighted by molar-refractivity contribution is 5.84. The van der Waals surface area contributed by atoms with E-state index in [2.05, 4.69) is 41.3 Å². The first kappa shape index (κ1) is 23.1. The van der Waals surface area contributed by atoms with Crippen LogP contribution in [0.1, 0.15) is 29.2 Å². The summed E-state index contributed by atoms with van der Waals surface area (Å²) < 4.78 is 10.7. The van der Waals surface area contributed by atoms with E-state index in [1.807, 2.05) is 12.1 Å². The number of carbonyl (C=O) groups excluding carboxylic acids is 1. The smallest absolute Gasteiger partial charge is 0.256 e. The van der Waals surface area contributed by atoms with Crippen LogP contribution in [0.25, 0.3) is 10.9 Å². The number of nitrogens with one attached hydrogen (secondary N) is 1. The number of aliphatic hydroxyl groups excluding tert-OH is 1. The highest BCUT2D eigenvalue weighted by atomic mass is 16.5. The van der Waals surface area contributed by atoms with Crippen molar-refractivity contribution in [2.24, 2.45) is 0 Å². The van der Waals surface area contributed by atoms with Gasteiger partial charge in [0.1, 0.15) is 0 Å². The normalized spacial score (nSPS) is 16.2. The van der Waals surface area contributed by atoms with Gasteiger partial charge < -0.3 is 29.4 Å². The Bertz CT molecular complexity index is 1110. The zero-order valence-corrected chi connectivity index (χ0v) is 19.6. The molecule has 2 N–H and O–H groups in total. The lowest BCUT2D eigenvalue weighted by atomic mass is 10.00. The number of hydrogen-bond donors (Lipinski definition) is 2. The molecule has 0 bridgehead atoms. The summed E-state index contributed by atoms with van der Waals surface area (Å²) in [6.45, 7) is 3.04. The number of para-hydroxylation sites is 1. The number of hydrogen-bond acceptors (Lipinski definition) is 5. The van der Waals surface area contributed by atoms with Crippen LogP contribution in [-0.2, 0) is 17.6 Å². The van der Waals surface area contributed by atoms with Crippen LogP contribution in [0.2, 0.25) is 0 Å². The third-order valence-electron chi connectivity index (χ3n) is 6.54. The second-order valence-electron chi connectivity index (χ2n) is 8.65. The Morgan fingerprint density at radius 2 is 1.91 bits per heavy atom. The molecule has 176 valence electrons. The molecule has 1 atom stereocenters. The van der Waals surface area contributed by atoms with Crippen molar-refractivity contribution < 1.29 is 19.4 Å². The van der Waals surface area contributed by atoms with Gasteiger partial charge in [-0.1, -0.05) is 18.2 Å². The molecule has 2 aromatic carbocycles. The van der Waals surface area contributed by atoms with Crippen LogP contribution in [0.15, 0.2) is 42.6 Å². The summed E-state index contributed by atoms with van der Waals surface area (Å²) in [6, 6.07) is 12.0. The number of rotatable bonds is 9. The molecule has 0 fully saturated rings. The Morgan fingerprint density at radius 3 is 2.70 bits per heavy atom. The first-order valence-electron chi connectivity index (χ1n) is 11.5. The Hall–Kier alpha value is -3.03. The van der Waals surface area contributed by atoms with Crippen LogP contribution >= 0.6 is 0 Å². The molecule has 0 spiro atoms. The minimum absolute atomic E-state index is 0.248. The summed E-state index contributed by atoms with van der Waals surface area (Å²) >= 11 is 0. The van der Waals surface area contributed by atoms with Crippen molar-refractivity contribution in [3.8, 4) is 11.5 Å². The summed E-state index contributed by atoms with van der Waals surface area (Å²) in [5, 5.41) is 12.0. The van der Waals surface area contributed by atoms with Crippen molar-refractivity contribution in [1.82, 2.24) is 14.8 Å². The largest absolute Gasteiger partial charge is 0.493 e.